The fourth-order valence-electron chi connectivity index (χ4n) is 2.18. The van der Waals surface area contributed by atoms with E-state index in [9.17, 15) is 9.59 Å². The van der Waals surface area contributed by atoms with Gasteiger partial charge in [0.1, 0.15) is 12.4 Å². The third-order valence-corrected chi connectivity index (χ3v) is 3.43. The highest BCUT2D eigenvalue weighted by Crippen LogP contribution is 2.30. The fourth-order valence-corrected chi connectivity index (χ4v) is 2.18. The summed E-state index contributed by atoms with van der Waals surface area (Å²) in [4.78, 5) is 24.2. The van der Waals surface area contributed by atoms with Crippen LogP contribution in [0.25, 0.3) is 0 Å². The molecule has 0 fully saturated rings. The van der Waals surface area contributed by atoms with Gasteiger partial charge in [-0.2, -0.15) is 0 Å². The van der Waals surface area contributed by atoms with Crippen LogP contribution in [-0.2, 0) is 4.79 Å². The van der Waals surface area contributed by atoms with Crippen LogP contribution in [-0.4, -0.2) is 31.6 Å². The maximum atomic E-state index is 12.1. The fraction of sp³-hybridized carbons (Fsp3) is 0.176. The number of benzene rings is 2. The molecule has 2 amide bonds. The highest BCUT2D eigenvalue weighted by atomic mass is 16.6. The number of hydrogen-bond acceptors (Lipinski definition) is 5. The van der Waals surface area contributed by atoms with E-state index in [0.717, 1.165) is 0 Å². The van der Waals surface area contributed by atoms with Gasteiger partial charge in [-0.3, -0.25) is 20.4 Å². The Morgan fingerprint density at radius 1 is 1.08 bits per heavy atom. The van der Waals surface area contributed by atoms with Crippen molar-refractivity contribution >= 4 is 11.8 Å². The van der Waals surface area contributed by atoms with E-state index in [1.807, 2.05) is 6.07 Å². The van der Waals surface area contributed by atoms with E-state index in [4.69, 9.17) is 14.2 Å². The molecule has 1 heterocycles. The zero-order valence-electron chi connectivity index (χ0n) is 12.9. The average molecular weight is 328 g/mol. The van der Waals surface area contributed by atoms with Crippen molar-refractivity contribution in [3.63, 3.8) is 0 Å². The van der Waals surface area contributed by atoms with Gasteiger partial charge in [-0.05, 0) is 30.3 Å². The van der Waals surface area contributed by atoms with E-state index < -0.39 is 17.9 Å². The molecule has 0 bridgehead atoms. The molecular formula is C17H16N2O5. The summed E-state index contributed by atoms with van der Waals surface area (Å²) in [6.07, 6.45) is -0.842. The molecule has 2 aromatic rings. The van der Waals surface area contributed by atoms with Crippen molar-refractivity contribution in [1.29, 1.82) is 0 Å². The lowest BCUT2D eigenvalue weighted by molar-refractivity contribution is -0.131. The van der Waals surface area contributed by atoms with Crippen molar-refractivity contribution in [2.75, 3.05) is 13.7 Å². The molecule has 0 unspecified atom stereocenters. The molecule has 1 aliphatic rings. The second kappa shape index (κ2) is 6.91. The largest absolute Gasteiger partial charge is 0.497 e. The van der Waals surface area contributed by atoms with Crippen molar-refractivity contribution < 1.29 is 23.8 Å². The Morgan fingerprint density at radius 3 is 2.67 bits per heavy atom. The van der Waals surface area contributed by atoms with Crippen LogP contribution < -0.4 is 25.1 Å². The summed E-state index contributed by atoms with van der Waals surface area (Å²) in [7, 11) is 1.51. The lowest BCUT2D eigenvalue weighted by Crippen LogP contribution is -2.50. The summed E-state index contributed by atoms with van der Waals surface area (Å²) >= 11 is 0. The first-order valence-corrected chi connectivity index (χ1v) is 7.30. The van der Waals surface area contributed by atoms with Gasteiger partial charge in [0, 0.05) is 5.56 Å². The highest BCUT2D eigenvalue weighted by Gasteiger charge is 2.27. The number of hydrogen-bond donors (Lipinski definition) is 2. The highest BCUT2D eigenvalue weighted by molar-refractivity contribution is 5.96. The van der Waals surface area contributed by atoms with Gasteiger partial charge in [-0.25, -0.2) is 0 Å². The summed E-state index contributed by atoms with van der Waals surface area (Å²) in [6.45, 7) is 0.0673. The molecule has 0 radical (unpaired) electrons. The quantitative estimate of drug-likeness (QED) is 0.830. The number of hydrazine groups is 1. The Balaban J connectivity index is 1.57. The monoisotopic (exact) mass is 328 g/mol. The molecule has 0 aliphatic carbocycles. The van der Waals surface area contributed by atoms with Gasteiger partial charge in [0.05, 0.1) is 7.11 Å². The minimum atomic E-state index is -0.842. The number of amides is 2. The second-order valence-electron chi connectivity index (χ2n) is 5.04. The van der Waals surface area contributed by atoms with E-state index in [1.54, 1.807) is 42.5 Å². The van der Waals surface area contributed by atoms with Gasteiger partial charge in [-0.1, -0.05) is 18.2 Å². The van der Waals surface area contributed by atoms with Crippen LogP contribution in [0.2, 0.25) is 0 Å². The predicted molar refractivity (Wildman–Crippen MR) is 85.0 cm³/mol. The van der Waals surface area contributed by atoms with E-state index in [0.29, 0.717) is 22.8 Å². The smallest absolute Gasteiger partial charge is 0.283 e. The number of para-hydroxylation sites is 2. The predicted octanol–water partition coefficient (Wildman–Crippen LogP) is 1.30. The number of fused-ring (bicyclic) bond motifs is 1. The molecule has 7 heteroatoms. The van der Waals surface area contributed by atoms with Crippen molar-refractivity contribution in [2.24, 2.45) is 0 Å². The Hall–Kier alpha value is -3.22. The number of ether oxygens (including phenoxy) is 3. The zero-order chi connectivity index (χ0) is 16.9. The third-order valence-electron chi connectivity index (χ3n) is 3.43. The molecule has 0 spiro atoms. The summed E-state index contributed by atoms with van der Waals surface area (Å²) in [5.74, 6) is 0.666. The topological polar surface area (TPSA) is 85.9 Å². The SMILES string of the molecule is COc1cccc(C(=O)NNC(=O)[C@H]2COc3ccccc3O2)c1. The molecule has 2 N–H and O–H groups in total. The van der Waals surface area contributed by atoms with Crippen LogP contribution in [0.5, 0.6) is 17.2 Å². The van der Waals surface area contributed by atoms with E-state index >= 15 is 0 Å². The number of nitrogens with one attached hydrogen (secondary N) is 2. The third kappa shape index (κ3) is 3.40. The second-order valence-corrected chi connectivity index (χ2v) is 5.04. The Labute approximate surface area is 138 Å². The average Bonchev–Trinajstić information content (AvgIpc) is 2.65. The lowest BCUT2D eigenvalue weighted by atomic mass is 10.2. The number of methoxy groups -OCH3 is 1. The van der Waals surface area contributed by atoms with Crippen molar-refractivity contribution in [3.05, 3.63) is 54.1 Å². The number of carbonyl (C=O) groups excluding carboxylic acids is 2. The van der Waals surface area contributed by atoms with Crippen molar-refractivity contribution in [1.82, 2.24) is 10.9 Å². The first-order chi connectivity index (χ1) is 11.7. The van der Waals surface area contributed by atoms with Gasteiger partial charge in [0.25, 0.3) is 11.8 Å². The van der Waals surface area contributed by atoms with Gasteiger partial charge in [-0.15, -0.1) is 0 Å². The molecule has 0 saturated heterocycles. The first kappa shape index (κ1) is 15.7. The standard InChI is InChI=1S/C17H16N2O5/c1-22-12-6-4-5-11(9-12)16(20)18-19-17(21)15-10-23-13-7-2-3-8-14(13)24-15/h2-9,15H,10H2,1H3,(H,18,20)(H,19,21)/t15-/m1/s1. The van der Waals surface area contributed by atoms with Gasteiger partial charge in [0.15, 0.2) is 11.5 Å². The molecule has 2 aromatic carbocycles. The van der Waals surface area contributed by atoms with E-state index in [2.05, 4.69) is 10.9 Å². The number of rotatable bonds is 3. The molecule has 3 rings (SSSR count). The van der Waals surface area contributed by atoms with Crippen LogP contribution in [0.15, 0.2) is 48.5 Å². The zero-order valence-corrected chi connectivity index (χ0v) is 12.9. The van der Waals surface area contributed by atoms with Crippen LogP contribution in [0.4, 0.5) is 0 Å². The van der Waals surface area contributed by atoms with Crippen molar-refractivity contribution in [2.45, 2.75) is 6.10 Å². The molecule has 1 aliphatic heterocycles. The minimum Gasteiger partial charge on any atom is -0.497 e. The molecule has 124 valence electrons. The summed E-state index contributed by atoms with van der Waals surface area (Å²) in [5.41, 5.74) is 5.04. The van der Waals surface area contributed by atoms with Gasteiger partial charge >= 0.3 is 0 Å². The molecular weight excluding hydrogens is 312 g/mol. The molecule has 1 atom stereocenters. The van der Waals surface area contributed by atoms with E-state index in [-0.39, 0.29) is 6.61 Å². The molecule has 0 aromatic heterocycles. The first-order valence-electron chi connectivity index (χ1n) is 7.30. The van der Waals surface area contributed by atoms with Gasteiger partial charge < -0.3 is 14.2 Å². The Bertz CT molecular complexity index is 762. The van der Waals surface area contributed by atoms with Crippen LogP contribution in [0, 0.1) is 0 Å². The maximum Gasteiger partial charge on any atom is 0.283 e. The Morgan fingerprint density at radius 2 is 1.88 bits per heavy atom. The summed E-state index contributed by atoms with van der Waals surface area (Å²) < 4.78 is 16.1. The maximum absolute atomic E-state index is 12.1. The van der Waals surface area contributed by atoms with Crippen LogP contribution in [0.1, 0.15) is 10.4 Å². The Kier molecular flexibility index (Phi) is 4.51. The molecule has 0 saturated carbocycles. The molecule has 24 heavy (non-hydrogen) atoms. The number of carbonyl (C=O) groups is 2. The van der Waals surface area contributed by atoms with E-state index in [1.165, 1.54) is 7.11 Å². The summed E-state index contributed by atoms with van der Waals surface area (Å²) in [6, 6.07) is 13.7. The minimum absolute atomic E-state index is 0.0673. The van der Waals surface area contributed by atoms with Crippen LogP contribution >= 0.6 is 0 Å². The molecule has 7 nitrogen and oxygen atoms in total. The van der Waals surface area contributed by atoms with Crippen molar-refractivity contribution in [3.8, 4) is 17.2 Å². The van der Waals surface area contributed by atoms with Gasteiger partial charge in [0.2, 0.25) is 6.10 Å². The lowest BCUT2D eigenvalue weighted by Gasteiger charge is -2.25. The van der Waals surface area contributed by atoms with Crippen LogP contribution in [0.3, 0.4) is 0 Å². The normalized spacial score (nSPS) is 15.3. The summed E-state index contributed by atoms with van der Waals surface area (Å²) in [5, 5.41) is 0.